The molecule has 0 amide bonds. The van der Waals surface area contributed by atoms with Crippen LogP contribution in [0.25, 0.3) is 0 Å². The molecule has 0 bridgehead atoms. The van der Waals surface area contributed by atoms with Crippen molar-refractivity contribution in [1.29, 1.82) is 0 Å². The second kappa shape index (κ2) is 7.88. The van der Waals surface area contributed by atoms with Crippen molar-refractivity contribution in [2.75, 3.05) is 13.2 Å². The maximum atomic E-state index is 10.5. The van der Waals surface area contributed by atoms with Crippen LogP contribution < -0.4 is 4.74 Å². The molecular formula is C21H35NO2. The molecule has 0 spiro atoms. The van der Waals surface area contributed by atoms with Crippen molar-refractivity contribution in [2.24, 2.45) is 0 Å². The third kappa shape index (κ3) is 4.97. The Bertz CT molecular complexity index is 525. The number of likely N-dealkylation sites (tertiary alicyclic amines) is 1. The Labute approximate surface area is 148 Å². The lowest BCUT2D eigenvalue weighted by molar-refractivity contribution is 0.0206. The summed E-state index contributed by atoms with van der Waals surface area (Å²) in [4.78, 5) is 2.43. The molecule has 1 aliphatic rings. The molecule has 1 aromatic rings. The van der Waals surface area contributed by atoms with E-state index in [1.807, 2.05) is 6.07 Å². The highest BCUT2D eigenvalue weighted by Gasteiger charge is 2.27. The number of nitrogens with zero attached hydrogens (tertiary/aromatic N) is 1. The van der Waals surface area contributed by atoms with Crippen LogP contribution in [0.2, 0.25) is 0 Å². The maximum Gasteiger partial charge on any atom is 0.123 e. The fraction of sp³-hybridized carbons (Fsp3) is 0.714. The highest BCUT2D eigenvalue weighted by molar-refractivity contribution is 5.41. The van der Waals surface area contributed by atoms with Gasteiger partial charge in [-0.15, -0.1) is 0 Å². The minimum Gasteiger partial charge on any atom is -0.491 e. The van der Waals surface area contributed by atoms with Crippen LogP contribution in [-0.4, -0.2) is 41.3 Å². The molecule has 2 rings (SSSR count). The molecule has 3 nitrogen and oxygen atoms in total. The molecule has 1 N–H and O–H groups in total. The van der Waals surface area contributed by atoms with Gasteiger partial charge >= 0.3 is 0 Å². The van der Waals surface area contributed by atoms with Gasteiger partial charge in [-0.05, 0) is 50.7 Å². The van der Waals surface area contributed by atoms with Gasteiger partial charge in [0, 0.05) is 18.6 Å². The van der Waals surface area contributed by atoms with E-state index in [9.17, 15) is 5.11 Å². The van der Waals surface area contributed by atoms with Gasteiger partial charge in [-0.25, -0.2) is 0 Å². The molecule has 136 valence electrons. The summed E-state index contributed by atoms with van der Waals surface area (Å²) in [5.41, 5.74) is 2.47. The monoisotopic (exact) mass is 333 g/mol. The average Bonchev–Trinajstić information content (AvgIpc) is 2.49. The lowest BCUT2D eigenvalue weighted by Gasteiger charge is -2.40. The first-order chi connectivity index (χ1) is 11.2. The molecule has 24 heavy (non-hydrogen) atoms. The molecule has 1 heterocycles. The zero-order valence-electron chi connectivity index (χ0n) is 16.3. The zero-order valence-corrected chi connectivity index (χ0v) is 16.3. The number of benzene rings is 1. The summed E-state index contributed by atoms with van der Waals surface area (Å²) >= 11 is 0. The first kappa shape index (κ1) is 19.3. The van der Waals surface area contributed by atoms with Gasteiger partial charge in [0.2, 0.25) is 0 Å². The van der Waals surface area contributed by atoms with Crippen molar-refractivity contribution in [3.63, 3.8) is 0 Å². The van der Waals surface area contributed by atoms with Gasteiger partial charge in [-0.1, -0.05) is 44.9 Å². The molecule has 3 atom stereocenters. The van der Waals surface area contributed by atoms with Gasteiger partial charge in [-0.2, -0.15) is 0 Å². The largest absolute Gasteiger partial charge is 0.491 e. The summed E-state index contributed by atoms with van der Waals surface area (Å²) < 4.78 is 6.02. The normalized spacial score (nSPS) is 24.0. The Balaban J connectivity index is 1.98. The highest BCUT2D eigenvalue weighted by Crippen LogP contribution is 2.32. The van der Waals surface area contributed by atoms with E-state index in [2.05, 4.69) is 58.6 Å². The fourth-order valence-electron chi connectivity index (χ4n) is 3.67. The maximum absolute atomic E-state index is 10.5. The summed E-state index contributed by atoms with van der Waals surface area (Å²) in [6, 6.07) is 7.40. The predicted octanol–water partition coefficient (Wildman–Crippen LogP) is 4.30. The van der Waals surface area contributed by atoms with Gasteiger partial charge in [0.25, 0.3) is 0 Å². The number of hydrogen-bond acceptors (Lipinski definition) is 3. The van der Waals surface area contributed by atoms with Gasteiger partial charge < -0.3 is 9.84 Å². The van der Waals surface area contributed by atoms with E-state index in [4.69, 9.17) is 4.74 Å². The van der Waals surface area contributed by atoms with Crippen molar-refractivity contribution in [1.82, 2.24) is 4.90 Å². The van der Waals surface area contributed by atoms with E-state index >= 15 is 0 Å². The van der Waals surface area contributed by atoms with Gasteiger partial charge in [0.1, 0.15) is 18.5 Å². The van der Waals surface area contributed by atoms with Crippen molar-refractivity contribution in [3.05, 3.63) is 29.3 Å². The van der Waals surface area contributed by atoms with Crippen LogP contribution in [0.4, 0.5) is 0 Å². The van der Waals surface area contributed by atoms with E-state index in [1.54, 1.807) is 0 Å². The lowest BCUT2D eigenvalue weighted by Crippen LogP contribution is -2.48. The van der Waals surface area contributed by atoms with Gasteiger partial charge in [0.15, 0.2) is 0 Å². The average molecular weight is 334 g/mol. The summed E-state index contributed by atoms with van der Waals surface area (Å²) in [5, 5.41) is 10.5. The van der Waals surface area contributed by atoms with E-state index < -0.39 is 6.10 Å². The number of aliphatic hydroxyl groups excluding tert-OH is 1. The summed E-state index contributed by atoms with van der Waals surface area (Å²) in [5.74, 6) is 0.895. The molecule has 1 aromatic carbocycles. The number of aryl methyl sites for hydroxylation is 1. The second-order valence-electron chi connectivity index (χ2n) is 8.54. The molecule has 0 radical (unpaired) electrons. The first-order valence-electron chi connectivity index (χ1n) is 9.36. The van der Waals surface area contributed by atoms with E-state index in [0.29, 0.717) is 25.2 Å². The standard InChI is InChI=1S/C21H35NO2/c1-15-10-11-20(19(12-15)21(4,5)6)24-14-18(23)13-22-16(2)8-7-9-17(22)3/h10-12,16-18,23H,7-9,13-14H2,1-6H3/t16-,17-,18-/m1/s1. The van der Waals surface area contributed by atoms with Crippen LogP contribution in [0.15, 0.2) is 18.2 Å². The molecule has 1 fully saturated rings. The molecule has 3 heteroatoms. The molecule has 0 saturated carbocycles. The van der Waals surface area contributed by atoms with Crippen molar-refractivity contribution in [3.8, 4) is 5.75 Å². The third-order valence-corrected chi connectivity index (χ3v) is 5.17. The van der Waals surface area contributed by atoms with Gasteiger partial charge in [-0.3, -0.25) is 4.90 Å². The fourth-order valence-corrected chi connectivity index (χ4v) is 3.67. The number of rotatable bonds is 5. The molecule has 0 aliphatic carbocycles. The lowest BCUT2D eigenvalue weighted by atomic mass is 9.85. The van der Waals surface area contributed by atoms with E-state index in [1.165, 1.54) is 30.4 Å². The van der Waals surface area contributed by atoms with Crippen LogP contribution in [0, 0.1) is 6.92 Å². The SMILES string of the molecule is Cc1ccc(OC[C@H](O)CN2[C@H](C)CCC[C@H]2C)c(C(C)(C)C)c1. The number of piperidine rings is 1. The smallest absolute Gasteiger partial charge is 0.123 e. The molecule has 1 aliphatic heterocycles. The quantitative estimate of drug-likeness (QED) is 0.872. The molecule has 1 saturated heterocycles. The Morgan fingerprint density at radius 2 is 1.83 bits per heavy atom. The number of hydrogen-bond donors (Lipinski definition) is 1. The Morgan fingerprint density at radius 3 is 2.42 bits per heavy atom. The summed E-state index contributed by atoms with van der Waals surface area (Å²) in [6.45, 7) is 14.3. The Morgan fingerprint density at radius 1 is 1.21 bits per heavy atom. The topological polar surface area (TPSA) is 32.7 Å². The summed E-state index contributed by atoms with van der Waals surface area (Å²) in [6.07, 6.45) is 3.29. The zero-order chi connectivity index (χ0) is 17.9. The van der Waals surface area contributed by atoms with Crippen LogP contribution in [0.3, 0.4) is 0 Å². The molecular weight excluding hydrogens is 298 g/mol. The minimum atomic E-state index is -0.456. The molecule has 0 unspecified atom stereocenters. The first-order valence-corrected chi connectivity index (χ1v) is 9.36. The Hall–Kier alpha value is -1.06. The Kier molecular flexibility index (Phi) is 6.33. The van der Waals surface area contributed by atoms with Crippen LogP contribution in [0.1, 0.15) is 65.0 Å². The van der Waals surface area contributed by atoms with E-state index in [0.717, 1.165) is 5.75 Å². The van der Waals surface area contributed by atoms with Crippen LogP contribution in [0.5, 0.6) is 5.75 Å². The second-order valence-corrected chi connectivity index (χ2v) is 8.54. The number of aliphatic hydroxyl groups is 1. The van der Waals surface area contributed by atoms with E-state index in [-0.39, 0.29) is 5.41 Å². The van der Waals surface area contributed by atoms with Crippen molar-refractivity contribution >= 4 is 0 Å². The molecule has 0 aromatic heterocycles. The van der Waals surface area contributed by atoms with Crippen molar-refractivity contribution in [2.45, 2.75) is 84.4 Å². The summed E-state index contributed by atoms with van der Waals surface area (Å²) in [7, 11) is 0. The van der Waals surface area contributed by atoms with Crippen LogP contribution in [-0.2, 0) is 5.41 Å². The van der Waals surface area contributed by atoms with Crippen molar-refractivity contribution < 1.29 is 9.84 Å². The van der Waals surface area contributed by atoms with Crippen LogP contribution >= 0.6 is 0 Å². The van der Waals surface area contributed by atoms with Gasteiger partial charge in [0.05, 0.1) is 0 Å². The predicted molar refractivity (Wildman–Crippen MR) is 101 cm³/mol. The minimum absolute atomic E-state index is 0.0300. The number of β-amino-alcohol motifs (C(OH)–C–C–N with tert-alkyl or cyclic N) is 1. The third-order valence-electron chi connectivity index (χ3n) is 5.17. The number of ether oxygens (including phenoxy) is 1. The highest BCUT2D eigenvalue weighted by atomic mass is 16.5.